The standard InChI is InChI=1S/C11H17NO3S/c1-16-7-6-12-10(13)8-4-2-3-5-9(8)11(14)15/h2-3,8-9H,4-7H2,1H3,(H,12,13)(H,14,15)/t8-,9+/m1/s1. The summed E-state index contributed by atoms with van der Waals surface area (Å²) in [5.74, 6) is -1.14. The largest absolute Gasteiger partial charge is 0.481 e. The van der Waals surface area contributed by atoms with Gasteiger partial charge in [-0.25, -0.2) is 0 Å². The van der Waals surface area contributed by atoms with Crippen LogP contribution in [0.1, 0.15) is 12.8 Å². The fourth-order valence-electron chi connectivity index (χ4n) is 1.78. The summed E-state index contributed by atoms with van der Waals surface area (Å²) in [6, 6.07) is 0. The first kappa shape index (κ1) is 13.1. The summed E-state index contributed by atoms with van der Waals surface area (Å²) in [7, 11) is 0. The van der Waals surface area contributed by atoms with Gasteiger partial charge in [0.1, 0.15) is 0 Å². The number of thioether (sulfide) groups is 1. The third kappa shape index (κ3) is 3.56. The first-order chi connectivity index (χ1) is 7.66. The van der Waals surface area contributed by atoms with Crippen LogP contribution in [0.3, 0.4) is 0 Å². The van der Waals surface area contributed by atoms with Crippen LogP contribution in [0.25, 0.3) is 0 Å². The molecule has 0 radical (unpaired) electrons. The Morgan fingerprint density at radius 2 is 2.00 bits per heavy atom. The lowest BCUT2D eigenvalue weighted by Gasteiger charge is -2.24. The van der Waals surface area contributed by atoms with Crippen LogP contribution in [0.2, 0.25) is 0 Å². The molecule has 2 N–H and O–H groups in total. The number of hydrogen-bond acceptors (Lipinski definition) is 3. The van der Waals surface area contributed by atoms with E-state index >= 15 is 0 Å². The molecule has 0 aromatic rings. The van der Waals surface area contributed by atoms with Gasteiger partial charge < -0.3 is 10.4 Å². The van der Waals surface area contributed by atoms with Crippen molar-refractivity contribution in [1.29, 1.82) is 0 Å². The second kappa shape index (κ2) is 6.58. The number of hydrogen-bond donors (Lipinski definition) is 2. The first-order valence-electron chi connectivity index (χ1n) is 5.31. The maximum atomic E-state index is 11.8. The molecule has 1 rings (SSSR count). The van der Waals surface area contributed by atoms with Gasteiger partial charge in [0.2, 0.25) is 5.91 Å². The molecular weight excluding hydrogens is 226 g/mol. The van der Waals surface area contributed by atoms with Gasteiger partial charge in [0, 0.05) is 12.3 Å². The Labute approximate surface area is 99.5 Å². The number of carboxylic acids is 1. The van der Waals surface area contributed by atoms with Crippen molar-refractivity contribution in [2.24, 2.45) is 11.8 Å². The van der Waals surface area contributed by atoms with E-state index in [1.807, 2.05) is 18.4 Å². The molecule has 0 unspecified atom stereocenters. The molecule has 0 saturated carbocycles. The van der Waals surface area contributed by atoms with Gasteiger partial charge in [-0.2, -0.15) is 11.8 Å². The third-order valence-corrected chi connectivity index (χ3v) is 3.30. The van der Waals surface area contributed by atoms with Gasteiger partial charge in [-0.1, -0.05) is 12.2 Å². The Bertz CT molecular complexity index is 291. The lowest BCUT2D eigenvalue weighted by Crippen LogP contribution is -2.39. The summed E-state index contributed by atoms with van der Waals surface area (Å²) in [6.07, 6.45) is 6.68. The highest BCUT2D eigenvalue weighted by Crippen LogP contribution is 2.25. The fourth-order valence-corrected chi connectivity index (χ4v) is 2.09. The monoisotopic (exact) mass is 243 g/mol. The number of carboxylic acid groups (broad SMARTS) is 1. The van der Waals surface area contributed by atoms with Gasteiger partial charge in [0.05, 0.1) is 11.8 Å². The van der Waals surface area contributed by atoms with Crippen LogP contribution >= 0.6 is 11.8 Å². The lowest BCUT2D eigenvalue weighted by molar-refractivity contribution is -0.147. The van der Waals surface area contributed by atoms with Crippen LogP contribution in [0, 0.1) is 11.8 Å². The highest BCUT2D eigenvalue weighted by atomic mass is 32.2. The Balaban J connectivity index is 2.52. The fraction of sp³-hybridized carbons (Fsp3) is 0.636. The second-order valence-corrected chi connectivity index (χ2v) is 4.76. The van der Waals surface area contributed by atoms with E-state index in [1.54, 1.807) is 11.8 Å². The number of rotatable bonds is 5. The van der Waals surface area contributed by atoms with E-state index < -0.39 is 17.8 Å². The van der Waals surface area contributed by atoms with E-state index in [-0.39, 0.29) is 5.91 Å². The smallest absolute Gasteiger partial charge is 0.307 e. The SMILES string of the molecule is CSCCNC(=O)[C@@H]1CC=CC[C@@H]1C(=O)O. The van der Waals surface area contributed by atoms with Crippen molar-refractivity contribution in [3.63, 3.8) is 0 Å². The van der Waals surface area contributed by atoms with Crippen LogP contribution in [-0.2, 0) is 9.59 Å². The quantitative estimate of drug-likeness (QED) is 0.561. The maximum absolute atomic E-state index is 11.8. The molecule has 0 fully saturated rings. The van der Waals surface area contributed by atoms with Crippen molar-refractivity contribution in [2.75, 3.05) is 18.6 Å². The lowest BCUT2D eigenvalue weighted by atomic mass is 9.82. The topological polar surface area (TPSA) is 66.4 Å². The zero-order valence-corrected chi connectivity index (χ0v) is 10.1. The number of carbonyl (C=O) groups excluding carboxylic acids is 1. The van der Waals surface area contributed by atoms with Crippen molar-refractivity contribution in [3.8, 4) is 0 Å². The van der Waals surface area contributed by atoms with Crippen molar-refractivity contribution >= 4 is 23.6 Å². The van der Waals surface area contributed by atoms with E-state index in [9.17, 15) is 9.59 Å². The zero-order chi connectivity index (χ0) is 12.0. The number of carbonyl (C=O) groups is 2. The third-order valence-electron chi connectivity index (χ3n) is 2.69. The summed E-state index contributed by atoms with van der Waals surface area (Å²) in [6.45, 7) is 0.604. The van der Waals surface area contributed by atoms with Gasteiger partial charge in [-0.15, -0.1) is 0 Å². The molecule has 4 nitrogen and oxygen atoms in total. The molecule has 90 valence electrons. The minimum Gasteiger partial charge on any atom is -0.481 e. The predicted molar refractivity (Wildman–Crippen MR) is 64.4 cm³/mol. The van der Waals surface area contributed by atoms with Crippen molar-refractivity contribution in [1.82, 2.24) is 5.32 Å². The first-order valence-corrected chi connectivity index (χ1v) is 6.70. The van der Waals surface area contributed by atoms with E-state index in [0.29, 0.717) is 19.4 Å². The molecule has 0 aromatic carbocycles. The van der Waals surface area contributed by atoms with Crippen LogP contribution in [0.4, 0.5) is 0 Å². The summed E-state index contributed by atoms with van der Waals surface area (Å²) in [5.41, 5.74) is 0. The number of aliphatic carboxylic acids is 1. The maximum Gasteiger partial charge on any atom is 0.307 e. The summed E-state index contributed by atoms with van der Waals surface area (Å²) in [4.78, 5) is 22.8. The Hall–Kier alpha value is -0.970. The average Bonchev–Trinajstić information content (AvgIpc) is 2.29. The van der Waals surface area contributed by atoms with E-state index in [2.05, 4.69) is 5.32 Å². The molecule has 5 heteroatoms. The van der Waals surface area contributed by atoms with Crippen LogP contribution in [0.15, 0.2) is 12.2 Å². The van der Waals surface area contributed by atoms with E-state index in [4.69, 9.17) is 5.11 Å². The zero-order valence-electron chi connectivity index (χ0n) is 9.31. The molecule has 0 spiro atoms. The predicted octanol–water partition coefficient (Wildman–Crippen LogP) is 1.13. The molecule has 1 aliphatic carbocycles. The summed E-state index contributed by atoms with van der Waals surface area (Å²) in [5, 5.41) is 11.8. The molecule has 0 bridgehead atoms. The van der Waals surface area contributed by atoms with Gasteiger partial charge >= 0.3 is 5.97 Å². The molecule has 0 aromatic heterocycles. The summed E-state index contributed by atoms with van der Waals surface area (Å²) >= 11 is 1.65. The van der Waals surface area contributed by atoms with Crippen molar-refractivity contribution < 1.29 is 14.7 Å². The molecule has 0 aliphatic heterocycles. The molecule has 16 heavy (non-hydrogen) atoms. The van der Waals surface area contributed by atoms with Gasteiger partial charge in [0.15, 0.2) is 0 Å². The highest BCUT2D eigenvalue weighted by molar-refractivity contribution is 7.98. The molecular formula is C11H17NO3S. The molecule has 0 saturated heterocycles. The summed E-state index contributed by atoms with van der Waals surface area (Å²) < 4.78 is 0. The van der Waals surface area contributed by atoms with Crippen LogP contribution < -0.4 is 5.32 Å². The minimum absolute atomic E-state index is 0.134. The molecule has 1 amide bonds. The van der Waals surface area contributed by atoms with Crippen molar-refractivity contribution in [3.05, 3.63) is 12.2 Å². The highest BCUT2D eigenvalue weighted by Gasteiger charge is 2.33. The second-order valence-electron chi connectivity index (χ2n) is 3.78. The number of amides is 1. The van der Waals surface area contributed by atoms with Gasteiger partial charge in [-0.05, 0) is 19.1 Å². The Kier molecular flexibility index (Phi) is 5.38. The van der Waals surface area contributed by atoms with Crippen molar-refractivity contribution in [2.45, 2.75) is 12.8 Å². The van der Waals surface area contributed by atoms with E-state index in [0.717, 1.165) is 5.75 Å². The molecule has 2 atom stereocenters. The molecule has 0 heterocycles. The Morgan fingerprint density at radius 1 is 1.38 bits per heavy atom. The van der Waals surface area contributed by atoms with Gasteiger partial charge in [0.25, 0.3) is 0 Å². The Morgan fingerprint density at radius 3 is 2.56 bits per heavy atom. The van der Waals surface area contributed by atoms with Crippen LogP contribution in [-0.4, -0.2) is 35.5 Å². The number of nitrogens with one attached hydrogen (secondary N) is 1. The van der Waals surface area contributed by atoms with E-state index in [1.165, 1.54) is 0 Å². The number of allylic oxidation sites excluding steroid dienone is 2. The minimum atomic E-state index is -0.880. The van der Waals surface area contributed by atoms with Gasteiger partial charge in [-0.3, -0.25) is 9.59 Å². The van der Waals surface area contributed by atoms with Crippen LogP contribution in [0.5, 0.6) is 0 Å². The normalized spacial score (nSPS) is 24.1. The molecule has 1 aliphatic rings. The average molecular weight is 243 g/mol.